The Kier molecular flexibility index (Phi) is 2.99. The average molecular weight is 265 g/mol. The maximum Gasteiger partial charge on any atom is 0.113 e. The summed E-state index contributed by atoms with van der Waals surface area (Å²) in [5.41, 5.74) is 5.09. The first-order valence-corrected chi connectivity index (χ1v) is 6.41. The molecular formula is C16H15N3O. The number of rotatable bonds is 3. The Labute approximate surface area is 117 Å². The fraction of sp³-hybridized carbons (Fsp3) is 0.125. The van der Waals surface area contributed by atoms with Crippen LogP contribution in [0.4, 0.5) is 0 Å². The smallest absolute Gasteiger partial charge is 0.113 e. The van der Waals surface area contributed by atoms with Gasteiger partial charge in [0.2, 0.25) is 0 Å². The number of aliphatic hydroxyl groups is 1. The number of fused-ring (bicyclic) bond motifs is 1. The summed E-state index contributed by atoms with van der Waals surface area (Å²) < 4.78 is 1.68. The van der Waals surface area contributed by atoms with Crippen molar-refractivity contribution >= 4 is 11.0 Å². The number of aryl methyl sites for hydroxylation is 1. The minimum Gasteiger partial charge on any atom is -0.511 e. The van der Waals surface area contributed by atoms with Gasteiger partial charge in [-0.2, -0.15) is 0 Å². The Morgan fingerprint density at radius 3 is 2.80 bits per heavy atom. The molecule has 0 unspecified atom stereocenters. The van der Waals surface area contributed by atoms with Crippen LogP contribution >= 0.6 is 0 Å². The molecule has 3 rings (SSSR count). The topological polar surface area (TPSA) is 50.9 Å². The van der Waals surface area contributed by atoms with Crippen LogP contribution in [-0.4, -0.2) is 20.1 Å². The number of nitrogens with zero attached hydrogens (tertiary/aromatic N) is 3. The van der Waals surface area contributed by atoms with E-state index in [4.69, 9.17) is 0 Å². The number of hydrogen-bond donors (Lipinski definition) is 1. The van der Waals surface area contributed by atoms with Gasteiger partial charge in [0.1, 0.15) is 11.3 Å². The van der Waals surface area contributed by atoms with Gasteiger partial charge in [-0.05, 0) is 18.6 Å². The third-order valence-electron chi connectivity index (χ3n) is 3.19. The molecule has 4 nitrogen and oxygen atoms in total. The van der Waals surface area contributed by atoms with Crippen molar-refractivity contribution in [2.24, 2.45) is 0 Å². The lowest BCUT2D eigenvalue weighted by atomic mass is 10.0. The zero-order valence-electron chi connectivity index (χ0n) is 11.2. The molecule has 1 heterocycles. The van der Waals surface area contributed by atoms with Gasteiger partial charge in [-0.1, -0.05) is 53.8 Å². The van der Waals surface area contributed by atoms with E-state index in [1.165, 1.54) is 5.56 Å². The number of benzene rings is 2. The molecule has 0 bridgehead atoms. The SMILES string of the molecule is C=C(O)Cn1nnc2cccc(-c3cccc(C)c3)c21. The molecule has 0 radical (unpaired) electrons. The molecule has 0 amide bonds. The number of hydrogen-bond acceptors (Lipinski definition) is 3. The molecule has 0 aliphatic heterocycles. The van der Waals surface area contributed by atoms with Crippen molar-refractivity contribution in [1.29, 1.82) is 0 Å². The first-order chi connectivity index (χ1) is 9.65. The van der Waals surface area contributed by atoms with Crippen LogP contribution in [0.15, 0.2) is 54.8 Å². The Hall–Kier alpha value is -2.62. The fourth-order valence-corrected chi connectivity index (χ4v) is 2.36. The van der Waals surface area contributed by atoms with Gasteiger partial charge >= 0.3 is 0 Å². The lowest BCUT2D eigenvalue weighted by molar-refractivity contribution is 0.371. The normalized spacial score (nSPS) is 10.8. The Morgan fingerprint density at radius 1 is 1.25 bits per heavy atom. The van der Waals surface area contributed by atoms with Gasteiger partial charge in [0.15, 0.2) is 0 Å². The van der Waals surface area contributed by atoms with Crippen LogP contribution in [0, 0.1) is 6.92 Å². The molecule has 1 aromatic heterocycles. The van der Waals surface area contributed by atoms with Gasteiger partial charge in [-0.15, -0.1) is 5.10 Å². The van der Waals surface area contributed by atoms with E-state index in [0.29, 0.717) is 0 Å². The highest BCUT2D eigenvalue weighted by Gasteiger charge is 2.11. The first-order valence-electron chi connectivity index (χ1n) is 6.41. The van der Waals surface area contributed by atoms with Crippen molar-refractivity contribution in [3.8, 4) is 11.1 Å². The van der Waals surface area contributed by atoms with Crippen molar-refractivity contribution in [3.05, 3.63) is 60.4 Å². The Bertz CT molecular complexity index is 789. The predicted molar refractivity (Wildman–Crippen MR) is 79.5 cm³/mol. The number of aliphatic hydroxyl groups excluding tert-OH is 1. The zero-order valence-corrected chi connectivity index (χ0v) is 11.2. The monoisotopic (exact) mass is 265 g/mol. The van der Waals surface area contributed by atoms with Crippen molar-refractivity contribution in [2.45, 2.75) is 13.5 Å². The van der Waals surface area contributed by atoms with E-state index in [1.807, 2.05) is 24.3 Å². The van der Waals surface area contributed by atoms with Crippen LogP contribution < -0.4 is 0 Å². The maximum atomic E-state index is 9.41. The number of para-hydroxylation sites is 1. The Morgan fingerprint density at radius 2 is 2.05 bits per heavy atom. The first kappa shape index (κ1) is 12.4. The third-order valence-corrected chi connectivity index (χ3v) is 3.19. The average Bonchev–Trinajstić information content (AvgIpc) is 2.81. The highest BCUT2D eigenvalue weighted by atomic mass is 16.3. The van der Waals surface area contributed by atoms with Gasteiger partial charge in [0.05, 0.1) is 12.1 Å². The van der Waals surface area contributed by atoms with Crippen LogP contribution in [0.1, 0.15) is 5.56 Å². The second-order valence-electron chi connectivity index (χ2n) is 4.86. The highest BCUT2D eigenvalue weighted by molar-refractivity contribution is 5.91. The van der Waals surface area contributed by atoms with E-state index in [0.717, 1.165) is 22.2 Å². The molecule has 2 aromatic carbocycles. The minimum absolute atomic E-state index is 0.0656. The van der Waals surface area contributed by atoms with Gasteiger partial charge in [-0.25, -0.2) is 4.68 Å². The minimum atomic E-state index is 0.0656. The fourth-order valence-electron chi connectivity index (χ4n) is 2.36. The molecule has 20 heavy (non-hydrogen) atoms. The molecule has 1 N–H and O–H groups in total. The van der Waals surface area contributed by atoms with E-state index < -0.39 is 0 Å². The van der Waals surface area contributed by atoms with Gasteiger partial charge < -0.3 is 5.11 Å². The predicted octanol–water partition coefficient (Wildman–Crippen LogP) is 3.48. The van der Waals surface area contributed by atoms with E-state index >= 15 is 0 Å². The van der Waals surface area contributed by atoms with E-state index in [1.54, 1.807) is 4.68 Å². The summed E-state index contributed by atoms with van der Waals surface area (Å²) in [5.74, 6) is 0.0656. The number of allylic oxidation sites excluding steroid dienone is 1. The van der Waals surface area contributed by atoms with E-state index in [9.17, 15) is 5.11 Å². The van der Waals surface area contributed by atoms with Crippen LogP contribution in [0.25, 0.3) is 22.2 Å². The molecule has 0 fully saturated rings. The molecule has 0 atom stereocenters. The lowest BCUT2D eigenvalue weighted by Gasteiger charge is -2.07. The summed E-state index contributed by atoms with van der Waals surface area (Å²) in [5, 5.41) is 17.6. The standard InChI is InChI=1S/C16H15N3O/c1-11-5-3-6-13(9-11)14-7-4-8-15-16(14)19(18-17-15)10-12(2)20/h3-9,20H,2,10H2,1H3. The molecular weight excluding hydrogens is 250 g/mol. The molecule has 3 aromatic rings. The quantitative estimate of drug-likeness (QED) is 0.738. The second-order valence-corrected chi connectivity index (χ2v) is 4.86. The maximum absolute atomic E-state index is 9.41. The zero-order chi connectivity index (χ0) is 14.1. The van der Waals surface area contributed by atoms with Crippen molar-refractivity contribution < 1.29 is 5.11 Å². The number of aromatic nitrogens is 3. The summed E-state index contributed by atoms with van der Waals surface area (Å²) >= 11 is 0. The Balaban J connectivity index is 2.24. The van der Waals surface area contributed by atoms with Gasteiger partial charge in [0, 0.05) is 5.56 Å². The summed E-state index contributed by atoms with van der Waals surface area (Å²) in [6.45, 7) is 5.83. The second kappa shape index (κ2) is 4.81. The summed E-state index contributed by atoms with van der Waals surface area (Å²) in [4.78, 5) is 0. The van der Waals surface area contributed by atoms with Crippen LogP contribution in [0.5, 0.6) is 0 Å². The summed E-state index contributed by atoms with van der Waals surface area (Å²) in [6, 6.07) is 14.2. The lowest BCUT2D eigenvalue weighted by Crippen LogP contribution is -2.02. The van der Waals surface area contributed by atoms with Gasteiger partial charge in [-0.3, -0.25) is 0 Å². The molecule has 100 valence electrons. The molecule has 4 heteroatoms. The van der Waals surface area contributed by atoms with Crippen molar-refractivity contribution in [2.75, 3.05) is 0 Å². The van der Waals surface area contributed by atoms with Crippen molar-refractivity contribution in [1.82, 2.24) is 15.0 Å². The third kappa shape index (κ3) is 2.16. The molecule has 0 spiro atoms. The summed E-state index contributed by atoms with van der Waals surface area (Å²) in [6.07, 6.45) is 0. The molecule has 0 saturated carbocycles. The van der Waals surface area contributed by atoms with Crippen LogP contribution in [-0.2, 0) is 6.54 Å². The van der Waals surface area contributed by atoms with E-state index in [2.05, 4.69) is 42.0 Å². The van der Waals surface area contributed by atoms with Crippen LogP contribution in [0.2, 0.25) is 0 Å². The molecule has 0 saturated heterocycles. The van der Waals surface area contributed by atoms with Gasteiger partial charge in [0.25, 0.3) is 0 Å². The molecule has 0 aliphatic carbocycles. The molecule has 0 aliphatic rings. The summed E-state index contributed by atoms with van der Waals surface area (Å²) in [7, 11) is 0. The van der Waals surface area contributed by atoms with Crippen molar-refractivity contribution in [3.63, 3.8) is 0 Å². The van der Waals surface area contributed by atoms with E-state index in [-0.39, 0.29) is 12.3 Å². The highest BCUT2D eigenvalue weighted by Crippen LogP contribution is 2.28. The van der Waals surface area contributed by atoms with Crippen LogP contribution in [0.3, 0.4) is 0 Å². The largest absolute Gasteiger partial charge is 0.511 e.